The quantitative estimate of drug-likeness (QED) is 0.0262. The van der Waals surface area contributed by atoms with Crippen LogP contribution in [0.4, 0.5) is 0 Å². The van der Waals surface area contributed by atoms with E-state index in [1.807, 2.05) is 0 Å². The first kappa shape index (κ1) is 79.0. The van der Waals surface area contributed by atoms with Crippen LogP contribution in [0.1, 0.15) is 10.3 Å². The van der Waals surface area contributed by atoms with E-state index in [-0.39, 0.29) is 62.7 Å². The van der Waals surface area contributed by atoms with E-state index in [2.05, 4.69) is 47.8 Å². The Hall–Kier alpha value is -1.43. The van der Waals surface area contributed by atoms with Crippen LogP contribution in [0.15, 0.2) is 0 Å². The number of rotatable bonds is 19. The summed E-state index contributed by atoms with van der Waals surface area (Å²) in [5, 5.41) is 50.5. The largest absolute Gasteiger partial charge is 1.00 e. The van der Waals surface area contributed by atoms with Gasteiger partial charge in [-0.2, -0.15) is 0 Å². The molecule has 0 saturated carbocycles. The van der Waals surface area contributed by atoms with Crippen molar-refractivity contribution in [3.05, 3.63) is 6.65 Å². The van der Waals surface area contributed by atoms with Crippen LogP contribution in [0.5, 0.6) is 0 Å². The molecule has 374 valence electrons. The molecule has 3 heterocycles. The molecule has 3 aliphatic rings. The summed E-state index contributed by atoms with van der Waals surface area (Å²) in [5.74, 6) is 0. The first-order valence-electron chi connectivity index (χ1n) is 19.0. The van der Waals surface area contributed by atoms with Crippen molar-refractivity contribution in [2.45, 2.75) is 7.43 Å². The zero-order chi connectivity index (χ0) is 45.4. The van der Waals surface area contributed by atoms with Gasteiger partial charge < -0.3 is 107 Å². The Morgan fingerprint density at radius 3 is 1.27 bits per heavy atom. The molecule has 0 bridgehead atoms. The second-order valence-corrected chi connectivity index (χ2v) is 10.4. The van der Waals surface area contributed by atoms with Gasteiger partial charge >= 0.3 is 12.7 Å². The SMILES string of the molecule is C.C1COCCN1.CN1CCOCC1.CO.COCCN.COCCN1CCOCC1.COCCO.NCCOCCO.O=CCOCCO.OCCOCCO.[C-]#[O+].[H+].[H-].[NH4+]. The number of hydrogen-bond acceptors (Lipinski definition) is 21. The molecular formula is C37H95N6O17+. The molecule has 3 rings (SSSR count). The van der Waals surface area contributed by atoms with Crippen LogP contribution < -0.4 is 22.9 Å². The third-order valence-electron chi connectivity index (χ3n) is 5.80. The van der Waals surface area contributed by atoms with E-state index in [9.17, 15) is 4.79 Å². The summed E-state index contributed by atoms with van der Waals surface area (Å²) in [5.41, 5.74) is 10.1. The average molecular weight is 896 g/mol. The van der Waals surface area contributed by atoms with E-state index in [4.69, 9.17) is 70.4 Å². The topological polar surface area (TPSA) is 348 Å². The molecular weight excluding hydrogens is 800 g/mol. The molecule has 3 saturated heterocycles. The number of ether oxygens (including phenoxy) is 9. The van der Waals surface area contributed by atoms with Gasteiger partial charge in [-0.05, 0) is 7.05 Å². The van der Waals surface area contributed by atoms with Gasteiger partial charge in [0.2, 0.25) is 0 Å². The summed E-state index contributed by atoms with van der Waals surface area (Å²) >= 11 is 0. The molecule has 3 aliphatic heterocycles. The van der Waals surface area contributed by atoms with Crippen molar-refractivity contribution in [2.75, 3.05) is 227 Å². The zero-order valence-electron chi connectivity index (χ0n) is 39.3. The van der Waals surface area contributed by atoms with Crippen LogP contribution in [0.3, 0.4) is 0 Å². The van der Waals surface area contributed by atoms with Gasteiger partial charge in [0.1, 0.15) is 12.9 Å². The Bertz CT molecular complexity index is 606. The first-order valence-corrected chi connectivity index (χ1v) is 19.0. The van der Waals surface area contributed by atoms with Crippen LogP contribution in [0.2, 0.25) is 0 Å². The number of nitrogens with one attached hydrogen (secondary N) is 1. The Balaban J connectivity index is -0.0000000526. The molecule has 0 amide bonds. The summed E-state index contributed by atoms with van der Waals surface area (Å²) in [6.45, 7) is 22.5. The number of nitrogens with two attached hydrogens (primary N) is 2. The van der Waals surface area contributed by atoms with Crippen LogP contribution >= 0.6 is 0 Å². The molecule has 0 spiro atoms. The maximum Gasteiger partial charge on any atom is 1.00 e. The summed E-state index contributed by atoms with van der Waals surface area (Å²) < 4.78 is 50.7. The van der Waals surface area contributed by atoms with Crippen molar-refractivity contribution in [1.82, 2.24) is 21.3 Å². The van der Waals surface area contributed by atoms with Crippen LogP contribution in [0, 0.1) is 6.65 Å². The minimum atomic E-state index is -0.0200. The van der Waals surface area contributed by atoms with Gasteiger partial charge in [0, 0.05) is 87.3 Å². The summed E-state index contributed by atoms with van der Waals surface area (Å²) in [7, 11) is 8.03. The summed E-state index contributed by atoms with van der Waals surface area (Å²) in [6.07, 6.45) is 0.648. The Labute approximate surface area is 365 Å². The van der Waals surface area contributed by atoms with Crippen molar-refractivity contribution >= 4 is 6.29 Å². The number of aliphatic hydroxyl groups is 6. The number of aldehydes is 1. The number of nitrogens with zero attached hydrogens (tertiary/aromatic N) is 2. The average Bonchev–Trinajstić information content (AvgIpc) is 3.28. The maximum atomic E-state index is 9.47. The summed E-state index contributed by atoms with van der Waals surface area (Å²) in [4.78, 5) is 14.1. The predicted octanol–water partition coefficient (Wildman–Crippen LogP) is -3.32. The molecule has 0 radical (unpaired) electrons. The number of carbonyl (C=O) groups excluding carboxylic acids is 1. The number of quaternary nitrogens is 1. The first-order chi connectivity index (χ1) is 28.4. The molecule has 0 aromatic heterocycles. The Kier molecular flexibility index (Phi) is 122. The van der Waals surface area contributed by atoms with Gasteiger partial charge in [0.05, 0.1) is 126 Å². The van der Waals surface area contributed by atoms with Crippen LogP contribution in [0.25, 0.3) is 0 Å². The van der Waals surface area contributed by atoms with Crippen LogP contribution in [-0.4, -0.2) is 273 Å². The third-order valence-corrected chi connectivity index (χ3v) is 5.80. The molecule has 15 N–H and O–H groups in total. The van der Waals surface area contributed by atoms with Crippen molar-refractivity contribution in [2.24, 2.45) is 11.5 Å². The third kappa shape index (κ3) is 106. The van der Waals surface area contributed by atoms with E-state index in [0.29, 0.717) is 59.0 Å². The molecule has 60 heavy (non-hydrogen) atoms. The minimum Gasteiger partial charge on any atom is -1.00 e. The van der Waals surface area contributed by atoms with Crippen LogP contribution in [-0.2, 0) is 52.1 Å². The fraction of sp³-hybridized carbons (Fsp3) is 0.946. The maximum absolute atomic E-state index is 9.47. The van der Waals surface area contributed by atoms with Crippen molar-refractivity contribution in [3.63, 3.8) is 0 Å². The van der Waals surface area contributed by atoms with E-state index < -0.39 is 0 Å². The van der Waals surface area contributed by atoms with Gasteiger partial charge in [-0.1, -0.05) is 7.43 Å². The molecule has 0 atom stereocenters. The standard InChI is InChI=1S/C7H15NO2.C5H11NO.C4H11NO2.C4H9NO.C4H10O3.C4H8O3.C3H9NO.C3H8O2.CH4O.CO.CH4.H3N.H/c1-9-5-2-8-3-6-10-7-4-8;1-6-2-4-7-5-3-6;5-1-3-7-4-2-6;1-3-6-4-2-5-1;2*5-1-3-7-4-2-6;2*1-5-3-2-4;2*1-2;;;/h2-7H2,1H3;2-5H2,1H3;6H,1-5H2;5H,1-4H2;5-6H,1-4H2;1,6H,2-4H2;2-4H2,1H3;4H,2-3H2,1H3;2H,1H3;;1H4;1H3;/q;;;;;;;;;;;;-1/p+2. The van der Waals surface area contributed by atoms with Crippen molar-refractivity contribution in [1.29, 1.82) is 0 Å². The van der Waals surface area contributed by atoms with Gasteiger partial charge in [0.25, 0.3) is 0 Å². The number of likely N-dealkylation sites (N-methyl/N-ethyl adjacent to an activating group) is 1. The predicted molar refractivity (Wildman–Crippen MR) is 234 cm³/mol. The minimum absolute atomic E-state index is 0. The van der Waals surface area contributed by atoms with E-state index in [1.54, 1.807) is 21.3 Å². The zero-order valence-corrected chi connectivity index (χ0v) is 37.3. The normalized spacial score (nSPS) is 13.7. The van der Waals surface area contributed by atoms with Crippen molar-refractivity contribution < 1.29 is 85.6 Å². The fourth-order valence-corrected chi connectivity index (χ4v) is 3.10. The summed E-state index contributed by atoms with van der Waals surface area (Å²) in [6, 6.07) is 0. The second-order valence-electron chi connectivity index (χ2n) is 10.4. The van der Waals surface area contributed by atoms with Crippen molar-refractivity contribution in [3.8, 4) is 0 Å². The van der Waals surface area contributed by atoms with E-state index in [1.165, 1.54) is 0 Å². The van der Waals surface area contributed by atoms with E-state index >= 15 is 0 Å². The number of hydrogen-bond donors (Lipinski definition) is 10. The fourth-order valence-electron chi connectivity index (χ4n) is 3.10. The molecule has 3 fully saturated rings. The smallest absolute Gasteiger partial charge is 1.00 e. The Morgan fingerprint density at radius 2 is 1.02 bits per heavy atom. The second kappa shape index (κ2) is 92.7. The molecule has 0 aromatic rings. The van der Waals surface area contributed by atoms with E-state index in [0.717, 1.165) is 99.2 Å². The molecule has 23 heteroatoms. The number of carbonyl (C=O) groups is 1. The molecule has 0 aliphatic carbocycles. The molecule has 23 nitrogen and oxygen atoms in total. The van der Waals surface area contributed by atoms with Gasteiger partial charge in [0.15, 0.2) is 0 Å². The number of methoxy groups -OCH3 is 3. The molecule has 0 aromatic carbocycles. The van der Waals surface area contributed by atoms with Gasteiger partial charge in [-0.3, -0.25) is 4.90 Å². The molecule has 0 unspecified atom stereocenters. The number of aliphatic hydroxyl groups excluding tert-OH is 6. The number of morpholine rings is 3. The monoisotopic (exact) mass is 896 g/mol. The Morgan fingerprint density at radius 1 is 0.650 bits per heavy atom. The van der Waals surface area contributed by atoms with Gasteiger partial charge in [-0.25, -0.2) is 0 Å². The van der Waals surface area contributed by atoms with Gasteiger partial charge in [-0.15, -0.1) is 0 Å².